The van der Waals surface area contributed by atoms with Crippen LogP contribution in [0.1, 0.15) is 361 Å². The van der Waals surface area contributed by atoms with Crippen molar-refractivity contribution in [2.45, 2.75) is 373 Å². The molecule has 0 heterocycles. The molecule has 0 saturated carbocycles. The first kappa shape index (κ1) is 97.4. The number of phosphoric acid groups is 2. The number of quaternary nitrogens is 2. The van der Waals surface area contributed by atoms with Crippen LogP contribution in [0, 0.1) is 0 Å². The molecule has 0 bridgehead atoms. The molecule has 0 aliphatic rings. The van der Waals surface area contributed by atoms with E-state index in [1.54, 1.807) is 0 Å². The molecule has 0 spiro atoms. The Hall–Kier alpha value is -1.63. The zero-order chi connectivity index (χ0) is 73.1. The average molecular weight is 1470 g/mol. The first-order valence-corrected chi connectivity index (χ1v) is 44.7. The Bertz CT molecular complexity index is 1960. The molecule has 0 amide bonds. The molecule has 0 aromatic rings. The van der Waals surface area contributed by atoms with E-state index in [1.165, 1.54) is 243 Å². The number of likely N-dealkylation sites (N-methyl/N-ethyl adjacent to an activating group) is 2. The minimum Gasteiger partial charge on any atom is -0.756 e. The predicted octanol–water partition coefficient (Wildman–Crippen LogP) is 20.2. The standard InChI is InChI=1S/C78H154N2O16P2S/c1-9-11-13-15-17-19-21-24-30-36-42-48-54-60-76(82)90-70-74(72-94-98(87,88)92-66-64-80(6,7)8)96-78(84)62-56-50-44-38-32-26-23-28-34-40-46-52-58-68-99-67-57-51-45-39-33-27-22-25-31-37-43-49-55-61-77(83)95-73(71-93-97(85,86)91-65-63-79(3,4)5)69-89-75(81)59-53-47-41-35-29-20-18-16-14-12-10-2/h73-74H,9-72H2,1-8H3/t73-,74+/m0/s1. The van der Waals surface area contributed by atoms with E-state index in [-0.39, 0.29) is 52.1 Å². The van der Waals surface area contributed by atoms with Crippen LogP contribution < -0.4 is 9.79 Å². The Morgan fingerprint density at radius 3 is 0.747 bits per heavy atom. The van der Waals surface area contributed by atoms with Crippen LogP contribution in [0.4, 0.5) is 0 Å². The fourth-order valence-electron chi connectivity index (χ4n) is 11.7. The van der Waals surface area contributed by atoms with Gasteiger partial charge in [0.15, 0.2) is 12.2 Å². The first-order valence-electron chi connectivity index (χ1n) is 40.7. The summed E-state index contributed by atoms with van der Waals surface area (Å²) in [4.78, 5) is 75.8. The van der Waals surface area contributed by atoms with Crippen LogP contribution in [0.5, 0.6) is 0 Å². The van der Waals surface area contributed by atoms with Crippen molar-refractivity contribution in [3.63, 3.8) is 0 Å². The summed E-state index contributed by atoms with van der Waals surface area (Å²) in [5.74, 6) is 0.860. The van der Waals surface area contributed by atoms with Gasteiger partial charge in [-0.3, -0.25) is 28.3 Å². The maximum atomic E-state index is 12.9. The number of thioether (sulfide) groups is 1. The number of hydrogen-bond acceptors (Lipinski definition) is 17. The van der Waals surface area contributed by atoms with Crippen molar-refractivity contribution < 1.29 is 84.1 Å². The van der Waals surface area contributed by atoms with Crippen LogP contribution in [0.15, 0.2) is 0 Å². The number of carbonyl (C=O) groups is 4. The van der Waals surface area contributed by atoms with Crippen molar-refractivity contribution in [1.82, 2.24) is 0 Å². The van der Waals surface area contributed by atoms with E-state index < -0.39 is 64.9 Å². The molecule has 0 rings (SSSR count). The lowest BCUT2D eigenvalue weighted by Crippen LogP contribution is -2.37. The first-order chi connectivity index (χ1) is 47.6. The summed E-state index contributed by atoms with van der Waals surface area (Å²) in [6.45, 7) is 3.84. The van der Waals surface area contributed by atoms with E-state index in [9.17, 15) is 38.1 Å². The summed E-state index contributed by atoms with van der Waals surface area (Å²) in [6.07, 6.45) is 58.5. The third-order valence-electron chi connectivity index (χ3n) is 18.1. The molecule has 21 heteroatoms. The second-order valence-electron chi connectivity index (χ2n) is 30.4. The van der Waals surface area contributed by atoms with Gasteiger partial charge in [0.2, 0.25) is 0 Å². The maximum absolute atomic E-state index is 12.9. The van der Waals surface area contributed by atoms with Gasteiger partial charge in [0.1, 0.15) is 39.5 Å². The van der Waals surface area contributed by atoms with Crippen molar-refractivity contribution in [3.8, 4) is 0 Å². The molecule has 0 aromatic carbocycles. The van der Waals surface area contributed by atoms with Crippen LogP contribution in [0.25, 0.3) is 0 Å². The van der Waals surface area contributed by atoms with E-state index >= 15 is 0 Å². The fraction of sp³-hybridized carbons (Fsp3) is 0.949. The van der Waals surface area contributed by atoms with Gasteiger partial charge in [-0.2, -0.15) is 11.8 Å². The largest absolute Gasteiger partial charge is 0.756 e. The molecule has 0 saturated heterocycles. The third-order valence-corrected chi connectivity index (χ3v) is 21.2. The zero-order valence-corrected chi connectivity index (χ0v) is 67.7. The monoisotopic (exact) mass is 1470 g/mol. The van der Waals surface area contributed by atoms with Crippen LogP contribution in [0.3, 0.4) is 0 Å². The maximum Gasteiger partial charge on any atom is 0.306 e. The summed E-state index contributed by atoms with van der Waals surface area (Å²) >= 11 is 2.13. The van der Waals surface area contributed by atoms with E-state index in [1.807, 2.05) is 42.3 Å². The lowest BCUT2D eigenvalue weighted by Gasteiger charge is -2.28. The Labute approximate surface area is 611 Å². The van der Waals surface area contributed by atoms with Gasteiger partial charge in [0.05, 0.1) is 55.5 Å². The van der Waals surface area contributed by atoms with Gasteiger partial charge in [-0.05, 0) is 50.0 Å². The Balaban J connectivity index is 4.05. The Kier molecular flexibility index (Phi) is 67.1. The van der Waals surface area contributed by atoms with Crippen molar-refractivity contribution in [3.05, 3.63) is 0 Å². The lowest BCUT2D eigenvalue weighted by molar-refractivity contribution is -0.870. The third kappa shape index (κ3) is 75.9. The molecule has 4 atom stereocenters. The summed E-state index contributed by atoms with van der Waals surface area (Å²) in [7, 11) is 2.27. The molecule has 0 radical (unpaired) electrons. The van der Waals surface area contributed by atoms with Gasteiger partial charge in [0, 0.05) is 25.7 Å². The molecule has 0 aliphatic heterocycles. The average Bonchev–Trinajstić information content (AvgIpc) is 1.01. The molecular formula is C78H154N2O16P2S. The molecule has 588 valence electrons. The number of phosphoric ester groups is 2. The van der Waals surface area contributed by atoms with Crippen LogP contribution in [0.2, 0.25) is 0 Å². The molecule has 0 N–H and O–H groups in total. The highest BCUT2D eigenvalue weighted by molar-refractivity contribution is 7.99. The zero-order valence-electron chi connectivity index (χ0n) is 65.1. The highest BCUT2D eigenvalue weighted by Crippen LogP contribution is 2.39. The summed E-state index contributed by atoms with van der Waals surface area (Å²) in [5, 5.41) is 0. The quantitative estimate of drug-likeness (QED) is 0.0181. The summed E-state index contributed by atoms with van der Waals surface area (Å²) in [6, 6.07) is 0. The highest BCUT2D eigenvalue weighted by atomic mass is 32.2. The number of rotatable bonds is 78. The minimum atomic E-state index is -4.65. The number of unbranched alkanes of at least 4 members (excludes halogenated alkanes) is 46. The smallest absolute Gasteiger partial charge is 0.306 e. The number of nitrogens with zero attached hydrogens (tertiary/aromatic N) is 2. The number of hydrogen-bond donors (Lipinski definition) is 0. The molecule has 18 nitrogen and oxygen atoms in total. The highest BCUT2D eigenvalue weighted by Gasteiger charge is 2.24. The van der Waals surface area contributed by atoms with Crippen molar-refractivity contribution in [2.75, 3.05) is 107 Å². The van der Waals surface area contributed by atoms with Gasteiger partial charge < -0.3 is 55.8 Å². The molecule has 0 aliphatic carbocycles. The predicted molar refractivity (Wildman–Crippen MR) is 404 cm³/mol. The number of esters is 4. The topological polar surface area (TPSA) is 222 Å². The van der Waals surface area contributed by atoms with E-state index in [4.69, 9.17) is 37.0 Å². The van der Waals surface area contributed by atoms with Crippen molar-refractivity contribution in [1.29, 1.82) is 0 Å². The van der Waals surface area contributed by atoms with E-state index in [2.05, 4.69) is 25.6 Å². The number of carbonyl (C=O) groups excluding carboxylic acids is 4. The van der Waals surface area contributed by atoms with E-state index in [0.717, 1.165) is 77.0 Å². The van der Waals surface area contributed by atoms with Crippen molar-refractivity contribution >= 4 is 51.3 Å². The molecule has 2 unspecified atom stereocenters. The van der Waals surface area contributed by atoms with Gasteiger partial charge in [-0.15, -0.1) is 0 Å². The SMILES string of the molecule is CCCCCCCCCCCCCCCC(=O)OC[C@H](COP(=O)([O-])OCC[N+](C)(C)C)OC(=O)CCCCCCCCCCCCCCCSCCCCCCCCCCCCCCCC(=O)O[C@@H](COC(=O)CCCCCCCCCCCCC)COP(=O)([O-])OCC[N+](C)(C)C. The van der Waals surface area contributed by atoms with Crippen molar-refractivity contribution in [2.24, 2.45) is 0 Å². The normalized spacial score (nSPS) is 13.8. The van der Waals surface area contributed by atoms with Gasteiger partial charge in [-0.1, -0.05) is 296 Å². The second kappa shape index (κ2) is 68.2. The Morgan fingerprint density at radius 1 is 0.303 bits per heavy atom. The van der Waals surface area contributed by atoms with Crippen LogP contribution >= 0.6 is 27.4 Å². The van der Waals surface area contributed by atoms with E-state index in [0.29, 0.717) is 34.9 Å². The number of ether oxygens (including phenoxy) is 4. The molecule has 0 aromatic heterocycles. The Morgan fingerprint density at radius 2 is 0.515 bits per heavy atom. The van der Waals surface area contributed by atoms with Gasteiger partial charge >= 0.3 is 23.9 Å². The molecular weight excluding hydrogens is 1310 g/mol. The lowest BCUT2D eigenvalue weighted by atomic mass is 10.0. The van der Waals surface area contributed by atoms with Gasteiger partial charge in [0.25, 0.3) is 15.6 Å². The second-order valence-corrected chi connectivity index (χ2v) is 34.4. The minimum absolute atomic E-state index is 0.0413. The molecule has 99 heavy (non-hydrogen) atoms. The summed E-state index contributed by atoms with van der Waals surface area (Å²) in [5.41, 5.74) is 0. The molecule has 0 fully saturated rings. The van der Waals surface area contributed by atoms with Crippen LogP contribution in [-0.2, 0) is 65.4 Å². The fourth-order valence-corrected chi connectivity index (χ4v) is 14.2. The van der Waals surface area contributed by atoms with Crippen LogP contribution in [-0.4, -0.2) is 152 Å². The van der Waals surface area contributed by atoms with Gasteiger partial charge in [-0.25, -0.2) is 0 Å². The summed E-state index contributed by atoms with van der Waals surface area (Å²) < 4.78 is 68.4.